The Hall–Kier alpha value is -1.82. The zero-order valence-electron chi connectivity index (χ0n) is 17.3. The van der Waals surface area contributed by atoms with E-state index in [1.807, 2.05) is 19.3 Å². The largest absolute Gasteiger partial charge is 0.378 e. The highest BCUT2D eigenvalue weighted by atomic mass is 16.5. The Balaban J connectivity index is 1.76. The van der Waals surface area contributed by atoms with E-state index in [0.29, 0.717) is 12.1 Å². The first-order valence-corrected chi connectivity index (χ1v) is 10.4. The fourth-order valence-electron chi connectivity index (χ4n) is 4.20. The molecule has 0 aliphatic heterocycles. The van der Waals surface area contributed by atoms with E-state index in [4.69, 9.17) is 4.74 Å². The van der Waals surface area contributed by atoms with E-state index >= 15 is 0 Å². The minimum Gasteiger partial charge on any atom is -0.378 e. The third-order valence-corrected chi connectivity index (χ3v) is 6.02. The van der Waals surface area contributed by atoms with Crippen molar-refractivity contribution in [3.8, 4) is 0 Å². The Morgan fingerprint density at radius 2 is 2.07 bits per heavy atom. The Kier molecular flexibility index (Phi) is 8.35. The second-order valence-electron chi connectivity index (χ2n) is 7.26. The molecule has 0 radical (unpaired) electrons. The van der Waals surface area contributed by atoms with Gasteiger partial charge in [-0.3, -0.25) is 9.79 Å². The topological polar surface area (TPSA) is 67.7 Å². The summed E-state index contributed by atoms with van der Waals surface area (Å²) >= 11 is 0. The third kappa shape index (κ3) is 5.12. The summed E-state index contributed by atoms with van der Waals surface area (Å²) in [6.07, 6.45) is 7.38. The van der Waals surface area contributed by atoms with Gasteiger partial charge in [-0.15, -0.1) is 0 Å². The highest BCUT2D eigenvalue weighted by Gasteiger charge is 2.53. The van der Waals surface area contributed by atoms with Crippen molar-refractivity contribution in [1.82, 2.24) is 15.2 Å². The number of nitrogens with one attached hydrogen (secondary N) is 2. The van der Waals surface area contributed by atoms with Gasteiger partial charge in [-0.25, -0.2) is 0 Å². The molecular formula is C21H36N4O2. The van der Waals surface area contributed by atoms with Crippen LogP contribution in [0.2, 0.25) is 0 Å². The Bertz CT molecular complexity index is 652. The fraction of sp³-hybridized carbons (Fsp3) is 0.714. The van der Waals surface area contributed by atoms with Crippen molar-refractivity contribution in [3.05, 3.63) is 34.7 Å². The highest BCUT2D eigenvalue weighted by molar-refractivity contribution is 5.80. The normalized spacial score (nSPS) is 21.6. The van der Waals surface area contributed by atoms with Gasteiger partial charge in [0.1, 0.15) is 0 Å². The molecule has 0 aromatic carbocycles. The van der Waals surface area contributed by atoms with E-state index in [1.165, 1.54) is 0 Å². The van der Waals surface area contributed by atoms with Crippen molar-refractivity contribution in [2.24, 2.45) is 10.4 Å². The number of aromatic nitrogens is 1. The minimum absolute atomic E-state index is 0.0623. The number of rotatable bonds is 10. The highest BCUT2D eigenvalue weighted by Crippen LogP contribution is 2.48. The molecule has 1 heterocycles. The first-order chi connectivity index (χ1) is 13.1. The van der Waals surface area contributed by atoms with E-state index in [0.717, 1.165) is 57.8 Å². The van der Waals surface area contributed by atoms with Gasteiger partial charge < -0.3 is 19.9 Å². The van der Waals surface area contributed by atoms with Gasteiger partial charge in [-0.05, 0) is 45.1 Å². The third-order valence-electron chi connectivity index (χ3n) is 6.02. The maximum Gasteiger partial charge on any atom is 0.250 e. The molecule has 1 aromatic heterocycles. The van der Waals surface area contributed by atoms with Gasteiger partial charge in [-0.2, -0.15) is 0 Å². The molecule has 1 aromatic rings. The number of unbranched alkanes of at least 4 members (excludes halogenated alkanes) is 1. The molecule has 2 rings (SSSR count). The summed E-state index contributed by atoms with van der Waals surface area (Å²) in [5.41, 5.74) is 0.259. The van der Waals surface area contributed by atoms with Crippen LogP contribution in [0.5, 0.6) is 0 Å². The van der Waals surface area contributed by atoms with Crippen LogP contribution >= 0.6 is 0 Å². The molecule has 6 heteroatoms. The van der Waals surface area contributed by atoms with Crippen molar-refractivity contribution >= 4 is 5.96 Å². The SMILES string of the molecule is CCOC1CC(NC(=NC)NCCCCn2ccccc2=O)C1(CC)CC. The molecule has 1 aliphatic carbocycles. The Morgan fingerprint density at radius 3 is 2.70 bits per heavy atom. The standard InChI is InChI=1S/C21H36N4O2/c1-5-21(6-2)17(16-18(21)27-7-3)24-20(22-4)23-13-9-11-15-25-14-10-8-12-19(25)26/h8,10,12,14,17-18H,5-7,9,11,13,15-16H2,1-4H3,(H2,22,23,24). The van der Waals surface area contributed by atoms with Crippen molar-refractivity contribution in [3.63, 3.8) is 0 Å². The van der Waals surface area contributed by atoms with Crippen LogP contribution < -0.4 is 16.2 Å². The molecule has 0 amide bonds. The molecule has 1 saturated carbocycles. The maximum absolute atomic E-state index is 11.7. The quantitative estimate of drug-likeness (QED) is 0.374. The molecule has 2 unspecified atom stereocenters. The lowest BCUT2D eigenvalue weighted by molar-refractivity contribution is -0.133. The van der Waals surface area contributed by atoms with Crippen molar-refractivity contribution in [2.75, 3.05) is 20.2 Å². The fourth-order valence-corrected chi connectivity index (χ4v) is 4.20. The number of ether oxygens (including phenoxy) is 1. The van der Waals surface area contributed by atoms with E-state index < -0.39 is 0 Å². The van der Waals surface area contributed by atoms with Crippen LogP contribution in [-0.4, -0.2) is 42.9 Å². The Morgan fingerprint density at radius 1 is 1.30 bits per heavy atom. The lowest BCUT2D eigenvalue weighted by Crippen LogP contribution is -2.65. The number of aliphatic imine (C=N–C) groups is 1. The van der Waals surface area contributed by atoms with Crippen molar-refractivity contribution in [1.29, 1.82) is 0 Å². The summed E-state index contributed by atoms with van der Waals surface area (Å²) < 4.78 is 7.71. The molecule has 2 atom stereocenters. The van der Waals surface area contributed by atoms with Crippen molar-refractivity contribution < 1.29 is 4.74 Å². The molecule has 1 aliphatic rings. The number of nitrogens with zero attached hydrogens (tertiary/aromatic N) is 2. The van der Waals surface area contributed by atoms with E-state index in [1.54, 1.807) is 16.7 Å². The summed E-state index contributed by atoms with van der Waals surface area (Å²) in [7, 11) is 1.82. The number of hydrogen-bond donors (Lipinski definition) is 2. The monoisotopic (exact) mass is 376 g/mol. The zero-order valence-corrected chi connectivity index (χ0v) is 17.3. The number of aryl methyl sites for hydroxylation is 1. The van der Waals surface area contributed by atoms with Crippen LogP contribution in [0.3, 0.4) is 0 Å². The summed E-state index contributed by atoms with van der Waals surface area (Å²) in [6, 6.07) is 5.68. The van der Waals surface area contributed by atoms with E-state index in [2.05, 4.69) is 36.4 Å². The predicted molar refractivity (Wildman–Crippen MR) is 111 cm³/mol. The second kappa shape index (κ2) is 10.5. The van der Waals surface area contributed by atoms with Gasteiger partial charge in [0.05, 0.1) is 6.10 Å². The molecule has 152 valence electrons. The van der Waals surface area contributed by atoms with Gasteiger partial charge in [0.25, 0.3) is 0 Å². The molecular weight excluding hydrogens is 340 g/mol. The van der Waals surface area contributed by atoms with Crippen LogP contribution in [0.15, 0.2) is 34.2 Å². The van der Waals surface area contributed by atoms with E-state index in [-0.39, 0.29) is 11.0 Å². The van der Waals surface area contributed by atoms with Crippen LogP contribution in [0.25, 0.3) is 0 Å². The van der Waals surface area contributed by atoms with Crippen LogP contribution in [0, 0.1) is 5.41 Å². The van der Waals surface area contributed by atoms with Crippen LogP contribution in [-0.2, 0) is 11.3 Å². The van der Waals surface area contributed by atoms with Gasteiger partial charge in [0.15, 0.2) is 5.96 Å². The summed E-state index contributed by atoms with van der Waals surface area (Å²) in [6.45, 7) is 8.95. The number of hydrogen-bond acceptors (Lipinski definition) is 3. The number of pyridine rings is 1. The summed E-state index contributed by atoms with van der Waals surface area (Å²) in [5.74, 6) is 0.859. The van der Waals surface area contributed by atoms with Crippen LogP contribution in [0.1, 0.15) is 52.9 Å². The average Bonchev–Trinajstić information content (AvgIpc) is 2.67. The van der Waals surface area contributed by atoms with E-state index in [9.17, 15) is 4.79 Å². The van der Waals surface area contributed by atoms with Crippen LogP contribution in [0.4, 0.5) is 0 Å². The van der Waals surface area contributed by atoms with Crippen molar-refractivity contribution in [2.45, 2.75) is 71.6 Å². The maximum atomic E-state index is 11.7. The first kappa shape index (κ1) is 21.5. The average molecular weight is 377 g/mol. The zero-order chi connectivity index (χ0) is 19.7. The summed E-state index contributed by atoms with van der Waals surface area (Å²) in [4.78, 5) is 16.1. The molecule has 0 saturated heterocycles. The van der Waals surface area contributed by atoms with Gasteiger partial charge in [0.2, 0.25) is 5.56 Å². The molecule has 0 bridgehead atoms. The second-order valence-corrected chi connectivity index (χ2v) is 7.26. The van der Waals surface area contributed by atoms with Gasteiger partial charge >= 0.3 is 0 Å². The molecule has 6 nitrogen and oxygen atoms in total. The number of guanidine groups is 1. The lowest BCUT2D eigenvalue weighted by Gasteiger charge is -2.55. The smallest absolute Gasteiger partial charge is 0.250 e. The summed E-state index contributed by atoms with van der Waals surface area (Å²) in [5, 5.41) is 7.02. The first-order valence-electron chi connectivity index (χ1n) is 10.4. The Labute approximate surface area is 163 Å². The predicted octanol–water partition coefficient (Wildman–Crippen LogP) is 2.78. The molecule has 2 N–H and O–H groups in total. The van der Waals surface area contributed by atoms with Gasteiger partial charge in [-0.1, -0.05) is 19.9 Å². The molecule has 0 spiro atoms. The molecule has 27 heavy (non-hydrogen) atoms. The van der Waals surface area contributed by atoms with Gasteiger partial charge in [0, 0.05) is 50.5 Å². The molecule has 1 fully saturated rings. The minimum atomic E-state index is 0.0623. The lowest BCUT2D eigenvalue weighted by atomic mass is 9.58.